The number of nitrogens with one attached hydrogen (secondary N) is 1. The summed E-state index contributed by atoms with van der Waals surface area (Å²) in [4.78, 5) is 12.9. The van der Waals surface area contributed by atoms with Crippen molar-refractivity contribution in [3.05, 3.63) is 28.3 Å². The number of hydrogen-bond acceptors (Lipinski definition) is 7. The monoisotopic (exact) mass is 312 g/mol. The van der Waals surface area contributed by atoms with Crippen LogP contribution in [0.3, 0.4) is 0 Å². The topological polar surface area (TPSA) is 118 Å². The molecule has 23 heavy (non-hydrogen) atoms. The van der Waals surface area contributed by atoms with Crippen molar-refractivity contribution in [2.75, 3.05) is 23.4 Å². The lowest BCUT2D eigenvalue weighted by Gasteiger charge is -2.31. The number of hydrogen-bond donors (Lipinski definition) is 1. The van der Waals surface area contributed by atoms with Crippen LogP contribution >= 0.6 is 0 Å². The van der Waals surface area contributed by atoms with Crippen molar-refractivity contribution in [3.8, 4) is 12.1 Å². The summed E-state index contributed by atoms with van der Waals surface area (Å²) in [6.45, 7) is 3.76. The summed E-state index contributed by atoms with van der Waals surface area (Å²) in [5, 5.41) is 32.2. The molecule has 8 heteroatoms. The van der Waals surface area contributed by atoms with Gasteiger partial charge in [-0.3, -0.25) is 15.5 Å². The van der Waals surface area contributed by atoms with Gasteiger partial charge in [0.05, 0.1) is 10.6 Å². The number of rotatable bonds is 4. The van der Waals surface area contributed by atoms with E-state index in [1.165, 1.54) is 6.07 Å². The van der Waals surface area contributed by atoms with E-state index in [1.807, 2.05) is 4.90 Å². The van der Waals surface area contributed by atoms with Crippen LogP contribution in [0, 0.1) is 38.7 Å². The Hall–Kier alpha value is -3.13. The summed E-state index contributed by atoms with van der Waals surface area (Å²) in [5.41, 5.74) is 3.07. The molecule has 2 rings (SSSR count). The molecule has 0 bridgehead atoms. The Balaban J connectivity index is 2.25. The first-order valence-corrected chi connectivity index (χ1v) is 7.22. The van der Waals surface area contributed by atoms with Crippen molar-refractivity contribution in [2.45, 2.75) is 19.8 Å². The van der Waals surface area contributed by atoms with Crippen LogP contribution in [0.25, 0.3) is 0 Å². The number of hydrazone groups is 1. The van der Waals surface area contributed by atoms with E-state index in [4.69, 9.17) is 10.5 Å². The first kappa shape index (κ1) is 16.2. The van der Waals surface area contributed by atoms with Gasteiger partial charge in [-0.15, -0.1) is 0 Å². The molecule has 118 valence electrons. The number of nitro groups is 1. The average Bonchev–Trinajstić information content (AvgIpc) is 2.56. The van der Waals surface area contributed by atoms with Crippen molar-refractivity contribution < 1.29 is 4.92 Å². The van der Waals surface area contributed by atoms with E-state index in [-0.39, 0.29) is 11.4 Å². The van der Waals surface area contributed by atoms with E-state index in [0.717, 1.165) is 25.9 Å². The van der Waals surface area contributed by atoms with Gasteiger partial charge in [0.1, 0.15) is 17.8 Å². The highest BCUT2D eigenvalue weighted by Gasteiger charge is 2.23. The van der Waals surface area contributed by atoms with Gasteiger partial charge < -0.3 is 4.90 Å². The molecule has 1 N–H and O–H groups in total. The summed E-state index contributed by atoms with van der Waals surface area (Å²) in [7, 11) is 0. The first-order valence-electron chi connectivity index (χ1n) is 7.22. The summed E-state index contributed by atoms with van der Waals surface area (Å²) in [6.07, 6.45) is 2.02. The molecular weight excluding hydrogens is 296 g/mol. The summed E-state index contributed by atoms with van der Waals surface area (Å²) in [5.74, 6) is 0.635. The molecule has 1 saturated heterocycles. The third-order valence-corrected chi connectivity index (χ3v) is 3.81. The number of nitriles is 2. The van der Waals surface area contributed by atoms with Gasteiger partial charge in [-0.05, 0) is 30.9 Å². The normalized spacial score (nSPS) is 14.5. The van der Waals surface area contributed by atoms with Crippen LogP contribution in [0.5, 0.6) is 0 Å². The minimum atomic E-state index is -0.433. The second-order valence-corrected chi connectivity index (χ2v) is 5.43. The Kier molecular flexibility index (Phi) is 5.11. The van der Waals surface area contributed by atoms with Crippen LogP contribution in [-0.4, -0.2) is 23.7 Å². The molecule has 0 unspecified atom stereocenters. The van der Waals surface area contributed by atoms with Gasteiger partial charge in [0.2, 0.25) is 5.71 Å². The molecule has 1 heterocycles. The number of anilines is 2. The third kappa shape index (κ3) is 3.95. The van der Waals surface area contributed by atoms with E-state index in [0.29, 0.717) is 17.3 Å². The van der Waals surface area contributed by atoms with Gasteiger partial charge in [0.25, 0.3) is 5.69 Å². The molecular formula is C15H16N6O2. The molecule has 1 aliphatic rings. The van der Waals surface area contributed by atoms with Crippen molar-refractivity contribution in [2.24, 2.45) is 11.0 Å². The van der Waals surface area contributed by atoms with Gasteiger partial charge in [-0.1, -0.05) is 6.92 Å². The molecule has 1 aromatic rings. The van der Waals surface area contributed by atoms with Crippen molar-refractivity contribution in [3.63, 3.8) is 0 Å². The molecule has 8 nitrogen and oxygen atoms in total. The highest BCUT2D eigenvalue weighted by molar-refractivity contribution is 6.10. The number of nitro benzene ring substituents is 1. The molecule has 1 fully saturated rings. The number of benzene rings is 1. The second-order valence-electron chi connectivity index (χ2n) is 5.43. The van der Waals surface area contributed by atoms with Gasteiger partial charge >= 0.3 is 0 Å². The van der Waals surface area contributed by atoms with Crippen LogP contribution in [0.4, 0.5) is 17.1 Å². The van der Waals surface area contributed by atoms with Gasteiger partial charge in [0, 0.05) is 19.2 Å². The maximum Gasteiger partial charge on any atom is 0.294 e. The molecule has 0 atom stereocenters. The van der Waals surface area contributed by atoms with Crippen LogP contribution in [0.15, 0.2) is 23.3 Å². The molecule has 0 saturated carbocycles. The Morgan fingerprint density at radius 1 is 1.39 bits per heavy atom. The molecule has 0 spiro atoms. The van der Waals surface area contributed by atoms with Crippen molar-refractivity contribution >= 4 is 22.8 Å². The fourth-order valence-electron chi connectivity index (χ4n) is 2.45. The fourth-order valence-corrected chi connectivity index (χ4v) is 2.45. The first-order chi connectivity index (χ1) is 11.0. The van der Waals surface area contributed by atoms with Gasteiger partial charge in [-0.2, -0.15) is 15.6 Å². The maximum absolute atomic E-state index is 11.3. The van der Waals surface area contributed by atoms with Crippen LogP contribution in [0.2, 0.25) is 0 Å². The van der Waals surface area contributed by atoms with Gasteiger partial charge in [-0.25, -0.2) is 0 Å². The fraction of sp³-hybridized carbons (Fsp3) is 0.400. The Bertz CT molecular complexity index is 692. The molecule has 1 aromatic carbocycles. The summed E-state index contributed by atoms with van der Waals surface area (Å²) in [6, 6.07) is 7.91. The largest absolute Gasteiger partial charge is 0.366 e. The van der Waals surface area contributed by atoms with Crippen LogP contribution < -0.4 is 10.3 Å². The molecule has 0 aliphatic carbocycles. The highest BCUT2D eigenvalue weighted by Crippen LogP contribution is 2.33. The minimum Gasteiger partial charge on any atom is -0.366 e. The van der Waals surface area contributed by atoms with Crippen molar-refractivity contribution in [1.82, 2.24) is 0 Å². The number of piperidine rings is 1. The second kappa shape index (κ2) is 7.23. The summed E-state index contributed by atoms with van der Waals surface area (Å²) < 4.78 is 0. The van der Waals surface area contributed by atoms with Crippen molar-refractivity contribution in [1.29, 1.82) is 10.5 Å². The summed E-state index contributed by atoms with van der Waals surface area (Å²) >= 11 is 0. The van der Waals surface area contributed by atoms with E-state index in [1.54, 1.807) is 24.3 Å². The highest BCUT2D eigenvalue weighted by atomic mass is 16.6. The third-order valence-electron chi connectivity index (χ3n) is 3.81. The lowest BCUT2D eigenvalue weighted by atomic mass is 9.98. The molecule has 0 radical (unpaired) electrons. The zero-order valence-electron chi connectivity index (χ0n) is 12.7. The quantitative estimate of drug-likeness (QED) is 0.518. The molecule has 0 amide bonds. The predicted octanol–water partition coefficient (Wildman–Crippen LogP) is 2.65. The lowest BCUT2D eigenvalue weighted by Crippen LogP contribution is -2.33. The minimum absolute atomic E-state index is 0.0183. The molecule has 0 aromatic heterocycles. The lowest BCUT2D eigenvalue weighted by molar-refractivity contribution is -0.384. The average molecular weight is 312 g/mol. The van der Waals surface area contributed by atoms with E-state index in [9.17, 15) is 10.1 Å². The standard InChI is InChI=1S/C15H16N6O2/c1-11-4-6-20(7-5-11)14-3-2-12(8-15(14)21(22)23)18-19-13(9-16)10-17/h2-3,8,11,18H,4-7H2,1H3. The van der Waals surface area contributed by atoms with E-state index in [2.05, 4.69) is 17.5 Å². The predicted molar refractivity (Wildman–Crippen MR) is 86.0 cm³/mol. The van der Waals surface area contributed by atoms with Crippen LogP contribution in [-0.2, 0) is 0 Å². The smallest absolute Gasteiger partial charge is 0.294 e. The van der Waals surface area contributed by atoms with Gasteiger partial charge in [0.15, 0.2) is 0 Å². The van der Waals surface area contributed by atoms with E-state index >= 15 is 0 Å². The Morgan fingerprint density at radius 2 is 2.04 bits per heavy atom. The zero-order chi connectivity index (χ0) is 16.8. The number of nitrogens with zero attached hydrogens (tertiary/aromatic N) is 5. The zero-order valence-corrected chi connectivity index (χ0v) is 12.7. The SMILES string of the molecule is CC1CCN(c2ccc(NN=C(C#N)C#N)cc2[N+](=O)[O-])CC1. The molecule has 1 aliphatic heterocycles. The van der Waals surface area contributed by atoms with Crippen LogP contribution in [0.1, 0.15) is 19.8 Å². The Labute approximate surface area is 133 Å². The maximum atomic E-state index is 11.3. The van der Waals surface area contributed by atoms with E-state index < -0.39 is 4.92 Å². The Morgan fingerprint density at radius 3 is 2.61 bits per heavy atom.